The summed E-state index contributed by atoms with van der Waals surface area (Å²) in [6.07, 6.45) is 4.71. The van der Waals surface area contributed by atoms with E-state index in [1.165, 1.54) is 12.8 Å². The van der Waals surface area contributed by atoms with Crippen molar-refractivity contribution in [3.8, 4) is 0 Å². The van der Waals surface area contributed by atoms with E-state index < -0.39 is 0 Å². The summed E-state index contributed by atoms with van der Waals surface area (Å²) in [5, 5.41) is 6.40. The van der Waals surface area contributed by atoms with E-state index in [4.69, 9.17) is 0 Å². The molecule has 0 spiro atoms. The number of halogens is 1. The lowest BCUT2D eigenvalue weighted by Crippen LogP contribution is -2.42. The van der Waals surface area contributed by atoms with Crippen LogP contribution in [0.3, 0.4) is 0 Å². The smallest absolute Gasteiger partial charge is 0.242 e. The molecule has 19 heavy (non-hydrogen) atoms. The van der Waals surface area contributed by atoms with E-state index in [9.17, 15) is 4.79 Å². The van der Waals surface area contributed by atoms with Gasteiger partial charge in [0.2, 0.25) is 5.91 Å². The van der Waals surface area contributed by atoms with Gasteiger partial charge in [0.05, 0.1) is 0 Å². The standard InChI is InChI=1S/C15H21BrN2O/c1-10-9-12(16)7-8-14(10)17-11(2)15(19)18-13-5-3-4-6-13/h7-9,11,13,17H,3-6H2,1-2H3,(H,18,19). The third-order valence-electron chi connectivity index (χ3n) is 3.66. The molecule has 0 heterocycles. The average molecular weight is 325 g/mol. The summed E-state index contributed by atoms with van der Waals surface area (Å²) in [6, 6.07) is 6.20. The summed E-state index contributed by atoms with van der Waals surface area (Å²) < 4.78 is 1.05. The highest BCUT2D eigenvalue weighted by Gasteiger charge is 2.20. The number of nitrogens with one attached hydrogen (secondary N) is 2. The van der Waals surface area contributed by atoms with Crippen molar-refractivity contribution < 1.29 is 4.79 Å². The SMILES string of the molecule is Cc1cc(Br)ccc1NC(C)C(=O)NC1CCCC1. The van der Waals surface area contributed by atoms with Gasteiger partial charge in [-0.15, -0.1) is 0 Å². The molecule has 1 amide bonds. The Morgan fingerprint density at radius 3 is 2.68 bits per heavy atom. The molecule has 0 saturated heterocycles. The molecule has 1 aromatic rings. The van der Waals surface area contributed by atoms with E-state index in [1.54, 1.807) is 0 Å². The lowest BCUT2D eigenvalue weighted by Gasteiger charge is -2.19. The highest BCUT2D eigenvalue weighted by molar-refractivity contribution is 9.10. The summed E-state index contributed by atoms with van der Waals surface area (Å²) >= 11 is 3.44. The highest BCUT2D eigenvalue weighted by Crippen LogP contribution is 2.21. The van der Waals surface area contributed by atoms with Crippen molar-refractivity contribution in [2.75, 3.05) is 5.32 Å². The lowest BCUT2D eigenvalue weighted by molar-refractivity contribution is -0.122. The van der Waals surface area contributed by atoms with Crippen LogP contribution in [0.15, 0.2) is 22.7 Å². The van der Waals surface area contributed by atoms with Crippen LogP contribution in [-0.4, -0.2) is 18.0 Å². The van der Waals surface area contributed by atoms with Crippen molar-refractivity contribution in [1.82, 2.24) is 5.32 Å². The Hall–Kier alpha value is -1.03. The Morgan fingerprint density at radius 1 is 1.37 bits per heavy atom. The first-order chi connectivity index (χ1) is 9.06. The minimum Gasteiger partial charge on any atom is -0.374 e. The molecule has 1 fully saturated rings. The molecular formula is C15H21BrN2O. The van der Waals surface area contributed by atoms with Crippen molar-refractivity contribution >= 4 is 27.5 Å². The molecule has 0 bridgehead atoms. The maximum atomic E-state index is 12.1. The Kier molecular flexibility index (Phi) is 4.86. The van der Waals surface area contributed by atoms with E-state index in [-0.39, 0.29) is 11.9 Å². The van der Waals surface area contributed by atoms with Gasteiger partial charge in [-0.3, -0.25) is 4.79 Å². The number of amides is 1. The number of aryl methyl sites for hydroxylation is 1. The summed E-state index contributed by atoms with van der Waals surface area (Å²) in [4.78, 5) is 12.1. The molecular weight excluding hydrogens is 304 g/mol. The second-order valence-corrected chi connectivity index (χ2v) is 6.23. The molecule has 0 aromatic heterocycles. The fourth-order valence-corrected chi connectivity index (χ4v) is 2.96. The average Bonchev–Trinajstić information content (AvgIpc) is 2.85. The van der Waals surface area contributed by atoms with Crippen molar-refractivity contribution in [3.63, 3.8) is 0 Å². The maximum absolute atomic E-state index is 12.1. The zero-order chi connectivity index (χ0) is 13.8. The normalized spacial score (nSPS) is 17.2. The van der Waals surface area contributed by atoms with Crippen LogP contribution in [0.25, 0.3) is 0 Å². The zero-order valence-electron chi connectivity index (χ0n) is 11.5. The zero-order valence-corrected chi connectivity index (χ0v) is 13.1. The quantitative estimate of drug-likeness (QED) is 0.888. The predicted octanol–water partition coefficient (Wildman–Crippen LogP) is 3.62. The highest BCUT2D eigenvalue weighted by atomic mass is 79.9. The molecule has 1 atom stereocenters. The summed E-state index contributed by atoms with van der Waals surface area (Å²) in [5.41, 5.74) is 2.15. The molecule has 2 N–H and O–H groups in total. The third-order valence-corrected chi connectivity index (χ3v) is 4.15. The van der Waals surface area contributed by atoms with Gasteiger partial charge in [-0.2, -0.15) is 0 Å². The minimum absolute atomic E-state index is 0.0919. The molecule has 1 aliphatic rings. The second-order valence-electron chi connectivity index (χ2n) is 5.32. The Balaban J connectivity index is 1.92. The summed E-state index contributed by atoms with van der Waals surface area (Å²) in [7, 11) is 0. The number of hydrogen-bond acceptors (Lipinski definition) is 2. The van der Waals surface area contributed by atoms with Crippen LogP contribution in [0.2, 0.25) is 0 Å². The Bertz CT molecular complexity index is 455. The monoisotopic (exact) mass is 324 g/mol. The third kappa shape index (κ3) is 3.96. The van der Waals surface area contributed by atoms with Gasteiger partial charge in [0, 0.05) is 16.2 Å². The topological polar surface area (TPSA) is 41.1 Å². The number of hydrogen-bond donors (Lipinski definition) is 2. The van der Waals surface area contributed by atoms with Crippen LogP contribution >= 0.6 is 15.9 Å². The van der Waals surface area contributed by atoms with Gasteiger partial charge < -0.3 is 10.6 Å². The van der Waals surface area contributed by atoms with Crippen LogP contribution in [0.4, 0.5) is 5.69 Å². The predicted molar refractivity (Wildman–Crippen MR) is 82.4 cm³/mol. The van der Waals surface area contributed by atoms with Gasteiger partial charge in [-0.05, 0) is 50.5 Å². The van der Waals surface area contributed by atoms with Gasteiger partial charge in [0.25, 0.3) is 0 Å². The van der Waals surface area contributed by atoms with Crippen molar-refractivity contribution in [1.29, 1.82) is 0 Å². The molecule has 0 radical (unpaired) electrons. The number of rotatable bonds is 4. The van der Waals surface area contributed by atoms with Gasteiger partial charge >= 0.3 is 0 Å². The number of anilines is 1. The van der Waals surface area contributed by atoms with Crippen LogP contribution in [0, 0.1) is 6.92 Å². The molecule has 1 aliphatic carbocycles. The molecule has 2 rings (SSSR count). The molecule has 1 saturated carbocycles. The van der Waals surface area contributed by atoms with Gasteiger partial charge in [-0.1, -0.05) is 28.8 Å². The fraction of sp³-hybridized carbons (Fsp3) is 0.533. The maximum Gasteiger partial charge on any atom is 0.242 e. The summed E-state index contributed by atoms with van der Waals surface area (Å²) in [5.74, 6) is 0.0919. The first-order valence-corrected chi connectivity index (χ1v) is 7.68. The fourth-order valence-electron chi connectivity index (χ4n) is 2.48. The molecule has 0 aliphatic heterocycles. The van der Waals surface area contributed by atoms with E-state index in [2.05, 4.69) is 26.6 Å². The van der Waals surface area contributed by atoms with Crippen molar-refractivity contribution in [3.05, 3.63) is 28.2 Å². The molecule has 104 valence electrons. The first kappa shape index (κ1) is 14.4. The van der Waals surface area contributed by atoms with Crippen molar-refractivity contribution in [2.45, 2.75) is 51.6 Å². The number of benzene rings is 1. The first-order valence-electron chi connectivity index (χ1n) is 6.89. The van der Waals surface area contributed by atoms with E-state index in [0.29, 0.717) is 6.04 Å². The molecule has 1 aromatic carbocycles. The van der Waals surface area contributed by atoms with Crippen LogP contribution in [-0.2, 0) is 4.79 Å². The van der Waals surface area contributed by atoms with E-state index in [0.717, 1.165) is 28.6 Å². The van der Waals surface area contributed by atoms with Crippen LogP contribution in [0.1, 0.15) is 38.2 Å². The number of carbonyl (C=O) groups excluding carboxylic acids is 1. The second kappa shape index (κ2) is 6.42. The Morgan fingerprint density at radius 2 is 2.05 bits per heavy atom. The number of carbonyl (C=O) groups is 1. The van der Waals surface area contributed by atoms with Crippen LogP contribution < -0.4 is 10.6 Å². The molecule has 1 unspecified atom stereocenters. The summed E-state index contributed by atoms with van der Waals surface area (Å²) in [6.45, 7) is 3.94. The Labute approximate surface area is 123 Å². The van der Waals surface area contributed by atoms with Crippen LogP contribution in [0.5, 0.6) is 0 Å². The minimum atomic E-state index is -0.208. The van der Waals surface area contributed by atoms with Crippen molar-refractivity contribution in [2.24, 2.45) is 0 Å². The van der Waals surface area contributed by atoms with E-state index in [1.807, 2.05) is 32.0 Å². The lowest BCUT2D eigenvalue weighted by atomic mass is 10.1. The van der Waals surface area contributed by atoms with E-state index >= 15 is 0 Å². The van der Waals surface area contributed by atoms with Gasteiger partial charge in [0.1, 0.15) is 6.04 Å². The van der Waals surface area contributed by atoms with Gasteiger partial charge in [0.15, 0.2) is 0 Å². The van der Waals surface area contributed by atoms with Gasteiger partial charge in [-0.25, -0.2) is 0 Å². The largest absolute Gasteiger partial charge is 0.374 e. The molecule has 4 heteroatoms. The molecule has 3 nitrogen and oxygen atoms in total.